The van der Waals surface area contributed by atoms with E-state index >= 15 is 0 Å². The minimum atomic E-state index is -4.21. The highest BCUT2D eigenvalue weighted by atomic mass is 32.2. The Balaban J connectivity index is 4.15. The van der Waals surface area contributed by atoms with Gasteiger partial charge in [-0.2, -0.15) is 8.42 Å². The molecule has 0 spiro atoms. The van der Waals surface area contributed by atoms with Crippen molar-refractivity contribution < 1.29 is 32.5 Å². The Morgan fingerprint density at radius 2 is 1.83 bits per heavy atom. The van der Waals surface area contributed by atoms with Gasteiger partial charge in [-0.05, 0) is 20.8 Å². The maximum absolute atomic E-state index is 11.7. The standard InChI is InChI=1S/C12H22N2O7S2/c1-8(11(18)13-6-10(16)17)22-5-4-9(15)14-12(2,3)7-23(19,20)21/h8H,4-7H2,1-3H3,(H,13,18)(H,14,15)(H,16,17)(H,19,20,21). The summed E-state index contributed by atoms with van der Waals surface area (Å²) in [4.78, 5) is 33.6. The van der Waals surface area contributed by atoms with Gasteiger partial charge in [0.1, 0.15) is 6.54 Å². The van der Waals surface area contributed by atoms with Crippen molar-refractivity contribution in [2.75, 3.05) is 18.1 Å². The predicted octanol–water partition coefficient (Wildman–Crippen LogP) is -0.518. The number of aliphatic carboxylic acids is 1. The van der Waals surface area contributed by atoms with Crippen LogP contribution in [0, 0.1) is 0 Å². The summed E-state index contributed by atoms with van der Waals surface area (Å²) in [6.07, 6.45) is 0.0517. The number of hydrogen-bond acceptors (Lipinski definition) is 6. The topological polar surface area (TPSA) is 150 Å². The largest absolute Gasteiger partial charge is 0.480 e. The Hall–Kier alpha value is -1.33. The smallest absolute Gasteiger partial charge is 0.322 e. The third-order valence-corrected chi connectivity index (χ3v) is 4.74. The van der Waals surface area contributed by atoms with Gasteiger partial charge in [0.05, 0.1) is 16.5 Å². The Morgan fingerprint density at radius 1 is 1.26 bits per heavy atom. The Bertz CT molecular complexity index is 546. The zero-order chi connectivity index (χ0) is 18.3. The van der Waals surface area contributed by atoms with Gasteiger partial charge in [0.25, 0.3) is 10.1 Å². The summed E-state index contributed by atoms with van der Waals surface area (Å²) in [6.45, 7) is 4.05. The normalized spacial score (nSPS) is 13.2. The molecule has 1 atom stereocenters. The van der Waals surface area contributed by atoms with Gasteiger partial charge in [-0.15, -0.1) is 11.8 Å². The number of thioether (sulfide) groups is 1. The van der Waals surface area contributed by atoms with Crippen LogP contribution in [0.25, 0.3) is 0 Å². The highest BCUT2D eigenvalue weighted by Gasteiger charge is 2.26. The quantitative estimate of drug-likeness (QED) is 0.375. The number of carboxylic acid groups (broad SMARTS) is 1. The number of carbonyl (C=O) groups excluding carboxylic acids is 2. The lowest BCUT2D eigenvalue weighted by molar-refractivity contribution is -0.137. The van der Waals surface area contributed by atoms with Crippen LogP contribution in [0.5, 0.6) is 0 Å². The summed E-state index contributed by atoms with van der Waals surface area (Å²) in [5, 5.41) is 12.6. The van der Waals surface area contributed by atoms with Crippen LogP contribution in [0.4, 0.5) is 0 Å². The van der Waals surface area contributed by atoms with E-state index in [1.54, 1.807) is 6.92 Å². The fourth-order valence-electron chi connectivity index (χ4n) is 1.64. The van der Waals surface area contributed by atoms with Crippen LogP contribution >= 0.6 is 11.8 Å². The van der Waals surface area contributed by atoms with Crippen LogP contribution in [0.2, 0.25) is 0 Å². The van der Waals surface area contributed by atoms with Crippen LogP contribution in [-0.4, -0.2) is 64.7 Å². The zero-order valence-corrected chi connectivity index (χ0v) is 14.8. The molecule has 0 aliphatic rings. The number of amides is 2. The lowest BCUT2D eigenvalue weighted by Gasteiger charge is -2.24. The molecule has 0 rings (SSSR count). The van der Waals surface area contributed by atoms with Crippen molar-refractivity contribution in [1.82, 2.24) is 10.6 Å². The molecule has 0 bridgehead atoms. The monoisotopic (exact) mass is 370 g/mol. The maximum Gasteiger partial charge on any atom is 0.322 e. The average molecular weight is 370 g/mol. The molecular formula is C12H22N2O7S2. The van der Waals surface area contributed by atoms with Crippen molar-refractivity contribution >= 4 is 39.7 Å². The first-order valence-electron chi connectivity index (χ1n) is 6.70. The number of hydrogen-bond donors (Lipinski definition) is 4. The van der Waals surface area contributed by atoms with E-state index < -0.39 is 51.0 Å². The second-order valence-electron chi connectivity index (χ2n) is 5.53. The van der Waals surface area contributed by atoms with Crippen LogP contribution in [0.3, 0.4) is 0 Å². The van der Waals surface area contributed by atoms with E-state index in [-0.39, 0.29) is 6.42 Å². The lowest BCUT2D eigenvalue weighted by atomic mass is 10.1. The molecule has 0 aromatic carbocycles. The van der Waals surface area contributed by atoms with E-state index in [0.29, 0.717) is 5.75 Å². The molecule has 4 N–H and O–H groups in total. The molecule has 0 radical (unpaired) electrons. The average Bonchev–Trinajstić information content (AvgIpc) is 2.31. The highest BCUT2D eigenvalue weighted by Crippen LogP contribution is 2.13. The fraction of sp³-hybridized carbons (Fsp3) is 0.750. The van der Waals surface area contributed by atoms with Crippen molar-refractivity contribution in [1.29, 1.82) is 0 Å². The first-order chi connectivity index (χ1) is 10.3. The Kier molecular flexibility index (Phi) is 8.56. The van der Waals surface area contributed by atoms with Crippen molar-refractivity contribution in [3.63, 3.8) is 0 Å². The molecule has 134 valence electrons. The molecule has 0 aliphatic carbocycles. The fourth-order valence-corrected chi connectivity index (χ4v) is 3.52. The predicted molar refractivity (Wildman–Crippen MR) is 85.8 cm³/mol. The summed E-state index contributed by atoms with van der Waals surface area (Å²) >= 11 is 1.17. The summed E-state index contributed by atoms with van der Waals surface area (Å²) in [7, 11) is -4.21. The van der Waals surface area contributed by atoms with Gasteiger partial charge in [-0.3, -0.25) is 18.9 Å². The third kappa shape index (κ3) is 11.8. The zero-order valence-electron chi connectivity index (χ0n) is 13.2. The van der Waals surface area contributed by atoms with E-state index in [1.165, 1.54) is 25.6 Å². The van der Waals surface area contributed by atoms with Crippen molar-refractivity contribution in [3.05, 3.63) is 0 Å². The SMILES string of the molecule is CC(SCCC(=O)NC(C)(C)CS(=O)(=O)O)C(=O)NCC(=O)O. The van der Waals surface area contributed by atoms with E-state index in [1.807, 2.05) is 0 Å². The number of nitrogens with one attached hydrogen (secondary N) is 2. The minimum Gasteiger partial charge on any atom is -0.480 e. The first kappa shape index (κ1) is 21.7. The summed E-state index contributed by atoms with van der Waals surface area (Å²) in [6, 6.07) is 0. The van der Waals surface area contributed by atoms with Gasteiger partial charge < -0.3 is 15.7 Å². The van der Waals surface area contributed by atoms with Crippen molar-refractivity contribution in [2.24, 2.45) is 0 Å². The Morgan fingerprint density at radius 3 is 2.30 bits per heavy atom. The second-order valence-corrected chi connectivity index (χ2v) is 8.43. The van der Waals surface area contributed by atoms with Gasteiger partial charge in [0.15, 0.2) is 0 Å². The van der Waals surface area contributed by atoms with E-state index in [0.717, 1.165) is 0 Å². The molecule has 0 fully saturated rings. The first-order valence-corrected chi connectivity index (χ1v) is 9.35. The summed E-state index contributed by atoms with van der Waals surface area (Å²) in [5.74, 6) is -2.30. The molecule has 0 saturated carbocycles. The molecule has 1 unspecified atom stereocenters. The molecule has 2 amide bonds. The third-order valence-electron chi connectivity index (χ3n) is 2.50. The Labute approximate surface area is 139 Å². The van der Waals surface area contributed by atoms with Gasteiger partial charge in [0, 0.05) is 12.2 Å². The lowest BCUT2D eigenvalue weighted by Crippen LogP contribution is -2.48. The number of rotatable bonds is 10. The maximum atomic E-state index is 11.7. The molecule has 0 saturated heterocycles. The summed E-state index contributed by atoms with van der Waals surface area (Å²) < 4.78 is 30.5. The van der Waals surface area contributed by atoms with Crippen LogP contribution in [0.1, 0.15) is 27.2 Å². The second kappa shape index (κ2) is 9.08. The highest BCUT2D eigenvalue weighted by molar-refractivity contribution is 8.00. The van der Waals surface area contributed by atoms with Crippen molar-refractivity contribution in [2.45, 2.75) is 38.0 Å². The molecule has 0 heterocycles. The van der Waals surface area contributed by atoms with Gasteiger partial charge in [-0.25, -0.2) is 0 Å². The van der Waals surface area contributed by atoms with E-state index in [9.17, 15) is 22.8 Å². The molecule has 9 nitrogen and oxygen atoms in total. The number of carboxylic acids is 1. The van der Waals surface area contributed by atoms with Gasteiger partial charge in [-0.1, -0.05) is 0 Å². The van der Waals surface area contributed by atoms with Crippen LogP contribution in [-0.2, 0) is 24.5 Å². The van der Waals surface area contributed by atoms with Crippen LogP contribution < -0.4 is 10.6 Å². The number of carbonyl (C=O) groups is 3. The molecule has 11 heteroatoms. The molecule has 0 aromatic heterocycles. The molecule has 23 heavy (non-hydrogen) atoms. The van der Waals surface area contributed by atoms with E-state index in [2.05, 4.69) is 10.6 Å². The van der Waals surface area contributed by atoms with Gasteiger partial charge >= 0.3 is 5.97 Å². The minimum absolute atomic E-state index is 0.0517. The molecule has 0 aromatic rings. The van der Waals surface area contributed by atoms with Gasteiger partial charge in [0.2, 0.25) is 11.8 Å². The summed E-state index contributed by atoms with van der Waals surface area (Å²) in [5.41, 5.74) is -1.11. The van der Waals surface area contributed by atoms with E-state index in [4.69, 9.17) is 9.66 Å². The molecule has 0 aliphatic heterocycles. The van der Waals surface area contributed by atoms with Crippen LogP contribution in [0.15, 0.2) is 0 Å². The molecular weight excluding hydrogens is 348 g/mol. The van der Waals surface area contributed by atoms with Crippen molar-refractivity contribution in [3.8, 4) is 0 Å².